The van der Waals surface area contributed by atoms with Crippen LogP contribution in [0.15, 0.2) is 30.9 Å². The monoisotopic (exact) mass is 495 g/mol. The molecule has 5 atom stereocenters. The van der Waals surface area contributed by atoms with Gasteiger partial charge in [-0.1, -0.05) is 0 Å². The smallest absolute Gasteiger partial charge is 0.335 e. The van der Waals surface area contributed by atoms with E-state index >= 15 is 0 Å². The molecule has 0 bridgehead atoms. The van der Waals surface area contributed by atoms with Crippen molar-refractivity contribution in [3.05, 3.63) is 30.9 Å². The molecule has 15 heteroatoms. The topological polar surface area (TPSA) is 206 Å². The predicted octanol–water partition coefficient (Wildman–Crippen LogP) is -0.422. The van der Waals surface area contributed by atoms with Crippen molar-refractivity contribution in [2.45, 2.75) is 37.0 Å². The van der Waals surface area contributed by atoms with E-state index in [1.165, 1.54) is 10.9 Å². The molecule has 0 amide bonds. The number of pyridine rings is 1. The number of hydrogen-bond acceptors (Lipinski definition) is 12. The number of H-pyrrole nitrogens is 1. The highest BCUT2D eigenvalue weighted by molar-refractivity contribution is 5.86. The minimum atomic E-state index is -1.63. The lowest BCUT2D eigenvalue weighted by Gasteiger charge is -2.17. The zero-order valence-electron chi connectivity index (χ0n) is 18.6. The number of carboxylic acids is 1. The maximum atomic E-state index is 11.5. The lowest BCUT2D eigenvalue weighted by atomic mass is 10.1. The summed E-state index contributed by atoms with van der Waals surface area (Å²) in [6.45, 7) is 1.10. The maximum absolute atomic E-state index is 11.5. The summed E-state index contributed by atoms with van der Waals surface area (Å²) in [6.07, 6.45) is -0.623. The Morgan fingerprint density at radius 1 is 1.14 bits per heavy atom. The molecule has 0 unspecified atom stereocenters. The van der Waals surface area contributed by atoms with Crippen LogP contribution in [0.5, 0.6) is 0 Å². The van der Waals surface area contributed by atoms with E-state index < -0.39 is 30.5 Å². The molecular formula is C21H21N9O6. The first kappa shape index (κ1) is 22.4. The van der Waals surface area contributed by atoms with Crippen molar-refractivity contribution in [1.29, 1.82) is 0 Å². The fraction of sp³-hybridized carbons (Fsp3) is 0.381. The largest absolute Gasteiger partial charge is 0.479 e. The molecule has 0 aromatic carbocycles. The molecule has 5 N–H and O–H groups in total. The number of carboxylic acid groups (broad SMARTS) is 1. The van der Waals surface area contributed by atoms with Crippen LogP contribution in [0.3, 0.4) is 0 Å². The van der Waals surface area contributed by atoms with Gasteiger partial charge in [0, 0.05) is 24.6 Å². The normalized spacial score (nSPS) is 26.0. The summed E-state index contributed by atoms with van der Waals surface area (Å²) in [7, 11) is 0. The molecule has 0 spiro atoms. The quantitative estimate of drug-likeness (QED) is 0.231. The molecule has 36 heavy (non-hydrogen) atoms. The number of fused-ring (bicyclic) bond motifs is 1. The minimum absolute atomic E-state index is 0.00962. The number of aromatic nitrogens is 8. The fourth-order valence-electron chi connectivity index (χ4n) is 4.34. The lowest BCUT2D eigenvalue weighted by molar-refractivity contribution is -0.155. The summed E-state index contributed by atoms with van der Waals surface area (Å²) in [5.41, 5.74) is 2.21. The molecule has 0 saturated carbocycles. The van der Waals surface area contributed by atoms with Gasteiger partial charge in [-0.15, -0.1) is 0 Å². The molecule has 2 fully saturated rings. The first-order valence-electron chi connectivity index (χ1n) is 11.2. The molecule has 2 aliphatic rings. The van der Waals surface area contributed by atoms with Crippen molar-refractivity contribution in [3.63, 3.8) is 0 Å². The highest BCUT2D eigenvalue weighted by atomic mass is 16.6. The fourth-order valence-corrected chi connectivity index (χ4v) is 4.34. The van der Waals surface area contributed by atoms with E-state index in [9.17, 15) is 20.1 Å². The van der Waals surface area contributed by atoms with Gasteiger partial charge < -0.3 is 30.1 Å². The zero-order chi connectivity index (χ0) is 24.8. The number of aromatic amines is 1. The van der Waals surface area contributed by atoms with E-state index in [-0.39, 0.29) is 17.5 Å². The first-order chi connectivity index (χ1) is 17.5. The molecular weight excluding hydrogens is 474 g/mol. The summed E-state index contributed by atoms with van der Waals surface area (Å²) in [5.74, 6) is -0.790. The standard InChI is InChI=1S/C21H21N9O6/c31-14-15(32)20(36-16(14)21(33)34)30-8-23-13-18(24-10-3-6-35-7-10)25-17(26-19(13)30)12-11(27-29-28-12)9-1-4-22-5-2-9/h1-2,4-5,8,10,14-16,20,31-32H,3,6-7H2,(H,33,34)(H,24,25,26)(H,27,28,29)/t10-,14-,15+,16+,20-/m1/s1. The maximum Gasteiger partial charge on any atom is 0.335 e. The predicted molar refractivity (Wildman–Crippen MR) is 120 cm³/mol. The Balaban J connectivity index is 1.48. The Kier molecular flexibility index (Phi) is 5.52. The van der Waals surface area contributed by atoms with Crippen LogP contribution in [0.1, 0.15) is 12.6 Å². The van der Waals surface area contributed by atoms with E-state index in [1.807, 2.05) is 0 Å². The van der Waals surface area contributed by atoms with Crippen molar-refractivity contribution in [1.82, 2.24) is 39.9 Å². The average Bonchev–Trinajstić information content (AvgIpc) is 3.68. The van der Waals surface area contributed by atoms with E-state index in [4.69, 9.17) is 9.47 Å². The van der Waals surface area contributed by atoms with E-state index in [0.29, 0.717) is 35.9 Å². The number of aliphatic carboxylic acids is 1. The van der Waals surface area contributed by atoms with Gasteiger partial charge in [-0.2, -0.15) is 15.4 Å². The Hall–Kier alpha value is -4.05. The molecule has 0 radical (unpaired) electrons. The number of rotatable bonds is 6. The Morgan fingerprint density at radius 2 is 1.94 bits per heavy atom. The number of aliphatic hydroxyl groups excluding tert-OH is 2. The van der Waals surface area contributed by atoms with Gasteiger partial charge in [0.1, 0.15) is 17.9 Å². The first-order valence-corrected chi connectivity index (χ1v) is 11.2. The average molecular weight is 495 g/mol. The van der Waals surface area contributed by atoms with Gasteiger partial charge in [0.05, 0.1) is 19.0 Å². The van der Waals surface area contributed by atoms with Gasteiger partial charge in [0.2, 0.25) is 0 Å². The Bertz CT molecular complexity index is 1400. The van der Waals surface area contributed by atoms with Crippen LogP contribution in [0.25, 0.3) is 33.9 Å². The second-order valence-corrected chi connectivity index (χ2v) is 8.45. The third-order valence-electron chi connectivity index (χ3n) is 6.16. The van der Waals surface area contributed by atoms with Crippen molar-refractivity contribution >= 4 is 23.0 Å². The Morgan fingerprint density at radius 3 is 2.67 bits per heavy atom. The van der Waals surface area contributed by atoms with Gasteiger partial charge in [0.15, 0.2) is 40.8 Å². The number of ether oxygens (including phenoxy) is 2. The number of imidazole rings is 1. The summed E-state index contributed by atoms with van der Waals surface area (Å²) in [5, 5.41) is 44.5. The second kappa shape index (κ2) is 8.87. The molecule has 4 aromatic heterocycles. The second-order valence-electron chi connectivity index (χ2n) is 8.45. The number of anilines is 1. The van der Waals surface area contributed by atoms with Gasteiger partial charge in [-0.25, -0.2) is 19.7 Å². The third-order valence-corrected chi connectivity index (χ3v) is 6.16. The number of nitrogens with one attached hydrogen (secondary N) is 2. The molecule has 2 saturated heterocycles. The SMILES string of the molecule is O=C(O)[C@H]1O[C@@H](n2cnc3c(N[C@@H]4CCOC4)nc(-c4n[nH]nc4-c4ccncc4)nc32)[C@@H](O)[C@H]1O. The van der Waals surface area contributed by atoms with Gasteiger partial charge in [0.25, 0.3) is 0 Å². The van der Waals surface area contributed by atoms with Gasteiger partial charge >= 0.3 is 5.97 Å². The van der Waals surface area contributed by atoms with Crippen LogP contribution < -0.4 is 5.32 Å². The summed E-state index contributed by atoms with van der Waals surface area (Å²) >= 11 is 0. The van der Waals surface area contributed by atoms with Crippen molar-refractivity contribution < 1.29 is 29.6 Å². The van der Waals surface area contributed by atoms with E-state index in [1.54, 1.807) is 24.5 Å². The Labute approximate surface area is 202 Å². The van der Waals surface area contributed by atoms with Crippen LogP contribution in [0, 0.1) is 0 Å². The van der Waals surface area contributed by atoms with Gasteiger partial charge in [-0.05, 0) is 18.6 Å². The van der Waals surface area contributed by atoms with E-state index in [0.717, 1.165) is 12.0 Å². The third kappa shape index (κ3) is 3.74. The molecule has 4 aromatic rings. The molecule has 6 rings (SSSR count). The number of hydrogen-bond donors (Lipinski definition) is 5. The van der Waals surface area contributed by atoms with Crippen LogP contribution >= 0.6 is 0 Å². The molecule has 15 nitrogen and oxygen atoms in total. The molecule has 0 aliphatic carbocycles. The molecule has 2 aliphatic heterocycles. The van der Waals surface area contributed by atoms with Gasteiger partial charge in [-0.3, -0.25) is 9.55 Å². The zero-order valence-corrected chi connectivity index (χ0v) is 18.6. The van der Waals surface area contributed by atoms with E-state index in [2.05, 4.69) is 40.7 Å². The number of nitrogens with zero attached hydrogens (tertiary/aromatic N) is 7. The van der Waals surface area contributed by atoms with Crippen molar-refractivity contribution in [2.75, 3.05) is 18.5 Å². The highest BCUT2D eigenvalue weighted by Gasteiger charge is 2.48. The number of carbonyl (C=O) groups is 1. The van der Waals surface area contributed by atoms with Crippen LogP contribution in [0.2, 0.25) is 0 Å². The number of aliphatic hydroxyl groups is 2. The molecule has 6 heterocycles. The summed E-state index contributed by atoms with van der Waals surface area (Å²) < 4.78 is 12.3. The highest BCUT2D eigenvalue weighted by Crippen LogP contribution is 2.35. The summed E-state index contributed by atoms with van der Waals surface area (Å²) in [4.78, 5) is 29.2. The van der Waals surface area contributed by atoms with Crippen molar-refractivity contribution in [3.8, 4) is 22.8 Å². The van der Waals surface area contributed by atoms with Crippen LogP contribution in [-0.4, -0.2) is 98.8 Å². The van der Waals surface area contributed by atoms with Crippen molar-refractivity contribution in [2.24, 2.45) is 0 Å². The van der Waals surface area contributed by atoms with Crippen LogP contribution in [-0.2, 0) is 14.3 Å². The van der Waals surface area contributed by atoms with Crippen LogP contribution in [0.4, 0.5) is 5.82 Å². The minimum Gasteiger partial charge on any atom is -0.479 e. The lowest BCUT2D eigenvalue weighted by Crippen LogP contribution is -2.35. The molecule has 186 valence electrons. The summed E-state index contributed by atoms with van der Waals surface area (Å²) in [6, 6.07) is 3.54.